The van der Waals surface area contributed by atoms with Gasteiger partial charge in [0.2, 0.25) is 0 Å². The monoisotopic (exact) mass is 307 g/mol. The number of esters is 1. The highest BCUT2D eigenvalue weighted by Crippen LogP contribution is 2.06. The number of ether oxygens (including phenoxy) is 1. The Kier molecular flexibility index (Phi) is 6.88. The second-order valence-electron chi connectivity index (χ2n) is 5.18. The fraction of sp³-hybridized carbons (Fsp3) is 0.400. The SMILES string of the molecule is CC(C)CCNC(=O)NC(=O)COC(=O)c1ccc(N)cc1. The van der Waals surface area contributed by atoms with E-state index in [9.17, 15) is 14.4 Å². The molecule has 0 heterocycles. The standard InChI is InChI=1S/C15H21N3O4/c1-10(2)7-8-17-15(21)18-13(19)9-22-14(20)11-3-5-12(16)6-4-11/h3-6,10H,7-9,16H2,1-2H3,(H2,17,18,19,21). The molecule has 1 aromatic rings. The fourth-order valence-electron chi connectivity index (χ4n) is 1.51. The van der Waals surface area contributed by atoms with Gasteiger partial charge in [0.05, 0.1) is 5.56 Å². The summed E-state index contributed by atoms with van der Waals surface area (Å²) in [5.74, 6) is -0.891. The molecule has 0 aliphatic rings. The summed E-state index contributed by atoms with van der Waals surface area (Å²) in [5, 5.41) is 4.63. The second kappa shape index (κ2) is 8.66. The van der Waals surface area contributed by atoms with Crippen LogP contribution in [0.1, 0.15) is 30.6 Å². The van der Waals surface area contributed by atoms with E-state index >= 15 is 0 Å². The normalized spacial score (nSPS) is 10.1. The Morgan fingerprint density at radius 2 is 1.82 bits per heavy atom. The van der Waals surface area contributed by atoms with Crippen LogP contribution in [0.5, 0.6) is 0 Å². The van der Waals surface area contributed by atoms with Crippen LogP contribution in [-0.2, 0) is 9.53 Å². The number of anilines is 1. The summed E-state index contributed by atoms with van der Waals surface area (Å²) in [4.78, 5) is 34.5. The summed E-state index contributed by atoms with van der Waals surface area (Å²) in [6.45, 7) is 4.01. The zero-order valence-electron chi connectivity index (χ0n) is 12.7. The molecule has 120 valence electrons. The average Bonchev–Trinajstić information content (AvgIpc) is 2.45. The minimum atomic E-state index is -0.689. The third-order valence-electron chi connectivity index (χ3n) is 2.74. The van der Waals surface area contributed by atoms with Crippen LogP contribution in [0.4, 0.5) is 10.5 Å². The van der Waals surface area contributed by atoms with Crippen molar-refractivity contribution < 1.29 is 19.1 Å². The Bertz CT molecular complexity index is 526. The van der Waals surface area contributed by atoms with Crippen LogP contribution in [0, 0.1) is 5.92 Å². The summed E-state index contributed by atoms with van der Waals surface area (Å²) in [6, 6.07) is 5.49. The molecule has 0 spiro atoms. The van der Waals surface area contributed by atoms with Gasteiger partial charge in [0.1, 0.15) is 0 Å². The summed E-state index contributed by atoms with van der Waals surface area (Å²) < 4.78 is 4.80. The molecule has 7 heteroatoms. The first-order valence-electron chi connectivity index (χ1n) is 6.99. The fourth-order valence-corrected chi connectivity index (χ4v) is 1.51. The maximum absolute atomic E-state index is 11.6. The number of nitrogen functional groups attached to an aromatic ring is 1. The second-order valence-corrected chi connectivity index (χ2v) is 5.18. The first-order chi connectivity index (χ1) is 10.4. The van der Waals surface area contributed by atoms with Crippen molar-refractivity contribution in [2.45, 2.75) is 20.3 Å². The van der Waals surface area contributed by atoms with E-state index < -0.39 is 24.5 Å². The maximum atomic E-state index is 11.6. The molecule has 22 heavy (non-hydrogen) atoms. The average molecular weight is 307 g/mol. The van der Waals surface area contributed by atoms with Gasteiger partial charge in [-0.2, -0.15) is 0 Å². The van der Waals surface area contributed by atoms with Crippen LogP contribution in [0.25, 0.3) is 0 Å². The van der Waals surface area contributed by atoms with E-state index in [1.54, 1.807) is 12.1 Å². The van der Waals surface area contributed by atoms with E-state index in [-0.39, 0.29) is 5.56 Å². The molecule has 7 nitrogen and oxygen atoms in total. The van der Waals surface area contributed by atoms with E-state index in [0.717, 1.165) is 6.42 Å². The highest BCUT2D eigenvalue weighted by Gasteiger charge is 2.12. The van der Waals surface area contributed by atoms with Crippen molar-refractivity contribution >= 4 is 23.6 Å². The summed E-state index contributed by atoms with van der Waals surface area (Å²) in [5.41, 5.74) is 6.30. The Morgan fingerprint density at radius 3 is 2.41 bits per heavy atom. The summed E-state index contributed by atoms with van der Waals surface area (Å²) in [7, 11) is 0. The van der Waals surface area contributed by atoms with E-state index in [1.807, 2.05) is 13.8 Å². The smallest absolute Gasteiger partial charge is 0.338 e. The van der Waals surface area contributed by atoms with Crippen molar-refractivity contribution in [3.63, 3.8) is 0 Å². The number of imide groups is 1. The van der Waals surface area contributed by atoms with Gasteiger partial charge in [-0.25, -0.2) is 9.59 Å². The lowest BCUT2D eigenvalue weighted by atomic mass is 10.1. The lowest BCUT2D eigenvalue weighted by Gasteiger charge is -2.08. The molecular weight excluding hydrogens is 286 g/mol. The topological polar surface area (TPSA) is 111 Å². The zero-order valence-corrected chi connectivity index (χ0v) is 12.7. The highest BCUT2D eigenvalue weighted by atomic mass is 16.5. The van der Waals surface area contributed by atoms with Gasteiger partial charge in [-0.1, -0.05) is 13.8 Å². The third-order valence-corrected chi connectivity index (χ3v) is 2.74. The third kappa shape index (κ3) is 6.74. The van der Waals surface area contributed by atoms with Crippen LogP contribution in [-0.4, -0.2) is 31.1 Å². The quantitative estimate of drug-likeness (QED) is 0.542. The summed E-state index contributed by atoms with van der Waals surface area (Å²) >= 11 is 0. The van der Waals surface area contributed by atoms with Crippen LogP contribution >= 0.6 is 0 Å². The molecule has 0 aliphatic heterocycles. The van der Waals surface area contributed by atoms with Crippen molar-refractivity contribution in [2.75, 3.05) is 18.9 Å². The van der Waals surface area contributed by atoms with E-state index in [4.69, 9.17) is 10.5 Å². The minimum Gasteiger partial charge on any atom is -0.452 e. The number of carbonyl (C=O) groups excluding carboxylic acids is 3. The van der Waals surface area contributed by atoms with Gasteiger partial charge in [-0.3, -0.25) is 10.1 Å². The van der Waals surface area contributed by atoms with Gasteiger partial charge >= 0.3 is 12.0 Å². The molecule has 0 fully saturated rings. The summed E-state index contributed by atoms with van der Waals surface area (Å²) in [6.07, 6.45) is 0.813. The van der Waals surface area contributed by atoms with Crippen LogP contribution < -0.4 is 16.4 Å². The molecule has 0 saturated heterocycles. The Morgan fingerprint density at radius 1 is 1.18 bits per heavy atom. The molecule has 4 N–H and O–H groups in total. The Labute approximate surface area is 129 Å². The van der Waals surface area contributed by atoms with E-state index in [0.29, 0.717) is 18.2 Å². The van der Waals surface area contributed by atoms with Crippen molar-refractivity contribution in [2.24, 2.45) is 5.92 Å². The van der Waals surface area contributed by atoms with Gasteiger partial charge in [0.25, 0.3) is 5.91 Å². The van der Waals surface area contributed by atoms with E-state index in [2.05, 4.69) is 10.6 Å². The molecule has 0 radical (unpaired) electrons. The number of urea groups is 1. The lowest BCUT2D eigenvalue weighted by molar-refractivity contribution is -0.123. The van der Waals surface area contributed by atoms with Crippen LogP contribution in [0.3, 0.4) is 0 Å². The van der Waals surface area contributed by atoms with Gasteiger partial charge < -0.3 is 15.8 Å². The highest BCUT2D eigenvalue weighted by molar-refractivity contribution is 5.97. The molecule has 3 amide bonds. The predicted octanol–water partition coefficient (Wildman–Crippen LogP) is 1.30. The number of rotatable bonds is 6. The molecule has 0 bridgehead atoms. The van der Waals surface area contributed by atoms with Crippen LogP contribution in [0.15, 0.2) is 24.3 Å². The van der Waals surface area contributed by atoms with Crippen molar-refractivity contribution in [3.8, 4) is 0 Å². The first-order valence-corrected chi connectivity index (χ1v) is 6.99. The van der Waals surface area contributed by atoms with Crippen molar-refractivity contribution in [1.29, 1.82) is 0 Å². The van der Waals surface area contributed by atoms with Gasteiger partial charge in [0, 0.05) is 12.2 Å². The largest absolute Gasteiger partial charge is 0.452 e. The number of nitrogens with two attached hydrogens (primary N) is 1. The Hall–Kier alpha value is -2.57. The van der Waals surface area contributed by atoms with Gasteiger partial charge in [-0.15, -0.1) is 0 Å². The number of nitrogens with one attached hydrogen (secondary N) is 2. The van der Waals surface area contributed by atoms with Crippen LogP contribution in [0.2, 0.25) is 0 Å². The molecule has 1 rings (SSSR count). The number of benzene rings is 1. The molecule has 1 aromatic carbocycles. The van der Waals surface area contributed by atoms with Gasteiger partial charge in [-0.05, 0) is 36.6 Å². The lowest BCUT2D eigenvalue weighted by Crippen LogP contribution is -2.41. The van der Waals surface area contributed by atoms with Crippen molar-refractivity contribution in [3.05, 3.63) is 29.8 Å². The number of hydrogen-bond acceptors (Lipinski definition) is 5. The predicted molar refractivity (Wildman–Crippen MR) is 82.1 cm³/mol. The number of hydrogen-bond donors (Lipinski definition) is 3. The molecule has 0 aromatic heterocycles. The number of carbonyl (C=O) groups is 3. The van der Waals surface area contributed by atoms with E-state index in [1.165, 1.54) is 12.1 Å². The zero-order chi connectivity index (χ0) is 16.5. The maximum Gasteiger partial charge on any atom is 0.338 e. The Balaban J connectivity index is 2.29. The molecular formula is C15H21N3O4. The molecule has 0 atom stereocenters. The first kappa shape index (κ1) is 17.5. The van der Waals surface area contributed by atoms with Crippen molar-refractivity contribution in [1.82, 2.24) is 10.6 Å². The van der Waals surface area contributed by atoms with Gasteiger partial charge in [0.15, 0.2) is 6.61 Å². The molecule has 0 saturated carbocycles. The minimum absolute atomic E-state index is 0.281. The number of amides is 3. The molecule has 0 unspecified atom stereocenters. The molecule has 0 aliphatic carbocycles.